The molecule has 0 heterocycles. The first-order valence-corrected chi connectivity index (χ1v) is 6.61. The molecule has 0 aliphatic heterocycles. The summed E-state index contributed by atoms with van der Waals surface area (Å²) >= 11 is 0. The van der Waals surface area contributed by atoms with E-state index in [1.54, 1.807) is 0 Å². The molecule has 0 aromatic carbocycles. The minimum Gasteiger partial charge on any atom is -0.462 e. The Balaban J connectivity index is 4.77. The summed E-state index contributed by atoms with van der Waals surface area (Å²) in [4.78, 5) is 12.2. The second-order valence-electron chi connectivity index (χ2n) is 7.16. The van der Waals surface area contributed by atoms with Crippen molar-refractivity contribution in [1.82, 2.24) is 0 Å². The van der Waals surface area contributed by atoms with Gasteiger partial charge in [0.2, 0.25) is 0 Å². The molecule has 102 valence electrons. The molecule has 0 rings (SSSR count). The first-order valence-electron chi connectivity index (χ1n) is 6.61. The van der Waals surface area contributed by atoms with Crippen LogP contribution in [0.3, 0.4) is 0 Å². The summed E-state index contributed by atoms with van der Waals surface area (Å²) in [5.74, 6) is 0.544. The molecule has 2 heteroatoms. The molecule has 0 radical (unpaired) electrons. The van der Waals surface area contributed by atoms with E-state index in [0.717, 1.165) is 0 Å². The van der Waals surface area contributed by atoms with Crippen LogP contribution < -0.4 is 0 Å². The summed E-state index contributed by atoms with van der Waals surface area (Å²) in [6.45, 7) is 18.7. The molecule has 0 aromatic rings. The molecular formula is C15H30O2. The number of hydrogen-bond donors (Lipinski definition) is 0. The van der Waals surface area contributed by atoms with Crippen LogP contribution in [-0.2, 0) is 9.53 Å². The van der Waals surface area contributed by atoms with E-state index in [1.165, 1.54) is 0 Å². The van der Waals surface area contributed by atoms with Crippen LogP contribution in [0.15, 0.2) is 0 Å². The van der Waals surface area contributed by atoms with Crippen molar-refractivity contribution in [2.24, 2.45) is 22.7 Å². The van der Waals surface area contributed by atoms with Crippen LogP contribution in [0.25, 0.3) is 0 Å². The maximum absolute atomic E-state index is 12.2. The first-order chi connectivity index (χ1) is 7.40. The fraction of sp³-hybridized carbons (Fsp3) is 0.933. The van der Waals surface area contributed by atoms with Gasteiger partial charge in [-0.15, -0.1) is 0 Å². The lowest BCUT2D eigenvalue weighted by Gasteiger charge is -2.39. The van der Waals surface area contributed by atoms with E-state index >= 15 is 0 Å². The van der Waals surface area contributed by atoms with Gasteiger partial charge in [0.05, 0.1) is 5.41 Å². The van der Waals surface area contributed by atoms with Gasteiger partial charge in [-0.1, -0.05) is 41.5 Å². The van der Waals surface area contributed by atoms with Gasteiger partial charge in [0.25, 0.3) is 0 Å². The van der Waals surface area contributed by atoms with Crippen molar-refractivity contribution in [3.05, 3.63) is 0 Å². The Hall–Kier alpha value is -0.530. The minimum absolute atomic E-state index is 0.0195. The van der Waals surface area contributed by atoms with Gasteiger partial charge in [0.1, 0.15) is 6.10 Å². The van der Waals surface area contributed by atoms with Gasteiger partial charge in [-0.05, 0) is 38.0 Å². The lowest BCUT2D eigenvalue weighted by Crippen LogP contribution is -2.41. The van der Waals surface area contributed by atoms with Crippen LogP contribution in [-0.4, -0.2) is 12.1 Å². The third-order valence-electron chi connectivity index (χ3n) is 4.14. The lowest BCUT2D eigenvalue weighted by molar-refractivity contribution is -0.166. The Morgan fingerprint density at radius 3 is 1.65 bits per heavy atom. The molecule has 0 aliphatic rings. The molecule has 2 nitrogen and oxygen atoms in total. The molecule has 0 N–H and O–H groups in total. The van der Waals surface area contributed by atoms with Crippen molar-refractivity contribution in [3.63, 3.8) is 0 Å². The molecule has 2 unspecified atom stereocenters. The number of rotatable bonds is 4. The smallest absolute Gasteiger partial charge is 0.312 e. The number of carbonyl (C=O) groups excluding carboxylic acids is 1. The summed E-state index contributed by atoms with van der Waals surface area (Å²) < 4.78 is 5.55. The van der Waals surface area contributed by atoms with Crippen molar-refractivity contribution in [2.45, 2.75) is 68.4 Å². The van der Waals surface area contributed by atoms with Gasteiger partial charge < -0.3 is 4.74 Å². The van der Waals surface area contributed by atoms with E-state index in [0.29, 0.717) is 5.92 Å². The van der Waals surface area contributed by atoms with E-state index < -0.39 is 5.41 Å². The first kappa shape index (κ1) is 16.5. The Morgan fingerprint density at radius 2 is 1.35 bits per heavy atom. The maximum Gasteiger partial charge on any atom is 0.312 e. The highest BCUT2D eigenvalue weighted by Crippen LogP contribution is 2.40. The van der Waals surface area contributed by atoms with Gasteiger partial charge in [-0.3, -0.25) is 4.79 Å². The molecule has 0 aliphatic carbocycles. The SMILES string of the molecule is CC(C)C(C)OC(=O)C(C)(C)C(C)C(C)(C)C. The number of hydrogen-bond acceptors (Lipinski definition) is 2. The van der Waals surface area contributed by atoms with Crippen LogP contribution >= 0.6 is 0 Å². The second kappa shape index (κ2) is 5.41. The summed E-state index contributed by atoms with van der Waals surface area (Å²) in [5.41, 5.74) is -0.342. The zero-order valence-corrected chi connectivity index (χ0v) is 13.0. The monoisotopic (exact) mass is 242 g/mol. The topological polar surface area (TPSA) is 26.3 Å². The number of ether oxygens (including phenoxy) is 1. The molecule has 17 heavy (non-hydrogen) atoms. The highest BCUT2D eigenvalue weighted by molar-refractivity contribution is 5.76. The third-order valence-corrected chi connectivity index (χ3v) is 4.14. The van der Waals surface area contributed by atoms with Gasteiger partial charge in [-0.2, -0.15) is 0 Å². The largest absolute Gasteiger partial charge is 0.462 e. The molecule has 0 bridgehead atoms. The quantitative estimate of drug-likeness (QED) is 0.688. The van der Waals surface area contributed by atoms with Crippen LogP contribution in [0.2, 0.25) is 0 Å². The summed E-state index contributed by atoms with van der Waals surface area (Å²) in [7, 11) is 0. The molecule has 0 fully saturated rings. The van der Waals surface area contributed by atoms with Crippen LogP contribution in [0.1, 0.15) is 62.3 Å². The number of esters is 1. The van der Waals surface area contributed by atoms with Crippen molar-refractivity contribution in [2.75, 3.05) is 0 Å². The fourth-order valence-corrected chi connectivity index (χ4v) is 1.72. The van der Waals surface area contributed by atoms with Crippen LogP contribution in [0.5, 0.6) is 0 Å². The van der Waals surface area contributed by atoms with Gasteiger partial charge >= 0.3 is 5.97 Å². The highest BCUT2D eigenvalue weighted by atomic mass is 16.5. The van der Waals surface area contributed by atoms with E-state index in [4.69, 9.17) is 4.74 Å². The fourth-order valence-electron chi connectivity index (χ4n) is 1.72. The molecule has 0 spiro atoms. The van der Waals surface area contributed by atoms with Crippen molar-refractivity contribution >= 4 is 5.97 Å². The zero-order chi connectivity index (χ0) is 14.0. The second-order valence-corrected chi connectivity index (χ2v) is 7.16. The Labute approximate surface area is 107 Å². The van der Waals surface area contributed by atoms with Crippen molar-refractivity contribution < 1.29 is 9.53 Å². The molecule has 0 saturated carbocycles. The van der Waals surface area contributed by atoms with Crippen molar-refractivity contribution in [3.8, 4) is 0 Å². The molecule has 2 atom stereocenters. The van der Waals surface area contributed by atoms with Crippen LogP contribution in [0.4, 0.5) is 0 Å². The highest BCUT2D eigenvalue weighted by Gasteiger charge is 2.42. The maximum atomic E-state index is 12.2. The minimum atomic E-state index is -0.443. The van der Waals surface area contributed by atoms with Gasteiger partial charge in [0, 0.05) is 0 Å². The zero-order valence-electron chi connectivity index (χ0n) is 13.0. The normalized spacial score (nSPS) is 16.8. The summed E-state index contributed by atoms with van der Waals surface area (Å²) in [6.07, 6.45) is -0.0195. The summed E-state index contributed by atoms with van der Waals surface area (Å²) in [5, 5.41) is 0. The van der Waals surface area contributed by atoms with Gasteiger partial charge in [0.15, 0.2) is 0 Å². The predicted molar refractivity (Wildman–Crippen MR) is 72.8 cm³/mol. The molecule has 0 aromatic heterocycles. The van der Waals surface area contributed by atoms with Crippen molar-refractivity contribution in [1.29, 1.82) is 0 Å². The Bertz CT molecular complexity index is 259. The summed E-state index contributed by atoms with van der Waals surface area (Å²) in [6, 6.07) is 0. The Kier molecular flexibility index (Phi) is 5.24. The van der Waals surface area contributed by atoms with E-state index in [9.17, 15) is 4.79 Å². The van der Waals surface area contributed by atoms with E-state index in [2.05, 4.69) is 41.5 Å². The third kappa shape index (κ3) is 4.33. The molecule has 0 saturated heterocycles. The Morgan fingerprint density at radius 1 is 0.941 bits per heavy atom. The van der Waals surface area contributed by atoms with Crippen LogP contribution in [0, 0.1) is 22.7 Å². The van der Waals surface area contributed by atoms with Gasteiger partial charge in [-0.25, -0.2) is 0 Å². The molecular weight excluding hydrogens is 212 g/mol. The molecule has 0 amide bonds. The number of carbonyl (C=O) groups is 1. The standard InChI is InChI=1S/C15H30O2/c1-10(2)11(3)17-13(16)15(8,9)12(4)14(5,6)7/h10-12H,1-9H3. The van der Waals surface area contributed by atoms with E-state index in [1.807, 2.05) is 20.8 Å². The van der Waals surface area contributed by atoms with E-state index in [-0.39, 0.29) is 23.4 Å². The average Bonchev–Trinajstić information content (AvgIpc) is 2.14. The lowest BCUT2D eigenvalue weighted by atomic mass is 9.67. The predicted octanol–water partition coefficient (Wildman–Crippen LogP) is 4.28. The average molecular weight is 242 g/mol.